The Bertz CT molecular complexity index is 395. The topological polar surface area (TPSA) is 72.2 Å². The Morgan fingerprint density at radius 2 is 2.14 bits per heavy atom. The van der Waals surface area contributed by atoms with Gasteiger partial charge in [0.2, 0.25) is 0 Å². The number of carbonyl (C=O) groups is 1. The normalized spacial score (nSPS) is 9.57. The summed E-state index contributed by atoms with van der Waals surface area (Å²) in [5, 5.41) is 10.7. The quantitative estimate of drug-likeness (QED) is 0.484. The molecule has 0 atom stereocenters. The fourth-order valence-electron chi connectivity index (χ4n) is 0.899. The van der Waals surface area contributed by atoms with E-state index in [0.29, 0.717) is 0 Å². The molecule has 7 heteroatoms. The number of hydrogen-bond donors (Lipinski definition) is 1. The molecule has 1 amide bonds. The first kappa shape index (κ1) is 10.7. The average molecular weight is 235 g/mol. The van der Waals surface area contributed by atoms with Crippen molar-refractivity contribution in [1.29, 1.82) is 0 Å². The van der Waals surface area contributed by atoms with Crippen LogP contribution in [-0.4, -0.2) is 10.8 Å². The maximum absolute atomic E-state index is 11.1. The van der Waals surface area contributed by atoms with Crippen molar-refractivity contribution >= 4 is 35.0 Å². The third-order valence-corrected chi connectivity index (χ3v) is 1.89. The van der Waals surface area contributed by atoms with Gasteiger partial charge in [0.25, 0.3) is 11.6 Å². The SMILES string of the molecule is O=C(NCl)c1ccc(Cl)cc1[N+](=O)[O-]. The van der Waals surface area contributed by atoms with Crippen LogP contribution in [0.4, 0.5) is 5.69 Å². The van der Waals surface area contributed by atoms with Crippen LogP contribution < -0.4 is 4.84 Å². The Labute approximate surface area is 88.9 Å². The van der Waals surface area contributed by atoms with Gasteiger partial charge in [0.05, 0.1) is 4.92 Å². The standard InChI is InChI=1S/C7H4Cl2N2O3/c8-4-1-2-5(7(12)10-9)6(3-4)11(13)14/h1-3H,(H,10,12). The summed E-state index contributed by atoms with van der Waals surface area (Å²) in [6, 6.07) is 3.69. The molecule has 0 aliphatic carbocycles. The zero-order valence-electron chi connectivity index (χ0n) is 6.66. The van der Waals surface area contributed by atoms with Crippen molar-refractivity contribution in [2.75, 3.05) is 0 Å². The number of nitro benzene ring substituents is 1. The van der Waals surface area contributed by atoms with Gasteiger partial charge in [-0.05, 0) is 12.1 Å². The summed E-state index contributed by atoms with van der Waals surface area (Å²) in [5.41, 5.74) is -0.509. The van der Waals surface area contributed by atoms with E-state index in [4.69, 9.17) is 23.4 Å². The first-order valence-corrected chi connectivity index (χ1v) is 4.16. The summed E-state index contributed by atoms with van der Waals surface area (Å²) in [6.45, 7) is 0. The van der Waals surface area contributed by atoms with Gasteiger partial charge in [0.15, 0.2) is 0 Å². The van der Waals surface area contributed by atoms with Gasteiger partial charge in [-0.3, -0.25) is 19.7 Å². The lowest BCUT2D eigenvalue weighted by atomic mass is 10.2. The van der Waals surface area contributed by atoms with E-state index in [-0.39, 0.29) is 16.3 Å². The van der Waals surface area contributed by atoms with Crippen LogP contribution in [0, 0.1) is 10.1 Å². The van der Waals surface area contributed by atoms with Gasteiger partial charge in [-0.1, -0.05) is 11.6 Å². The summed E-state index contributed by atoms with van der Waals surface area (Å²) in [4.78, 5) is 22.7. The van der Waals surface area contributed by atoms with Crippen molar-refractivity contribution < 1.29 is 9.72 Å². The molecule has 0 fully saturated rings. The second-order valence-corrected chi connectivity index (χ2v) is 2.97. The summed E-state index contributed by atoms with van der Waals surface area (Å²) >= 11 is 10.6. The molecular formula is C7H4Cl2N2O3. The van der Waals surface area contributed by atoms with Crippen molar-refractivity contribution in [2.45, 2.75) is 0 Å². The van der Waals surface area contributed by atoms with Crippen LogP contribution >= 0.6 is 23.4 Å². The molecule has 0 radical (unpaired) electrons. The lowest BCUT2D eigenvalue weighted by Gasteiger charge is -2.00. The number of hydrogen-bond acceptors (Lipinski definition) is 3. The Morgan fingerprint density at radius 1 is 1.50 bits per heavy atom. The van der Waals surface area contributed by atoms with Gasteiger partial charge < -0.3 is 0 Å². The molecule has 0 aromatic heterocycles. The van der Waals surface area contributed by atoms with Gasteiger partial charge in [-0.25, -0.2) is 0 Å². The molecule has 14 heavy (non-hydrogen) atoms. The Morgan fingerprint density at radius 3 is 2.64 bits per heavy atom. The molecule has 1 N–H and O–H groups in total. The lowest BCUT2D eigenvalue weighted by molar-refractivity contribution is -0.385. The molecule has 0 saturated carbocycles. The van der Waals surface area contributed by atoms with Gasteiger partial charge in [-0.2, -0.15) is 0 Å². The smallest absolute Gasteiger partial charge is 0.268 e. The lowest BCUT2D eigenvalue weighted by Crippen LogP contribution is -2.14. The zero-order valence-corrected chi connectivity index (χ0v) is 8.17. The van der Waals surface area contributed by atoms with Gasteiger partial charge in [-0.15, -0.1) is 0 Å². The minimum atomic E-state index is -0.741. The molecule has 1 aromatic rings. The minimum absolute atomic E-state index is 0.130. The highest BCUT2D eigenvalue weighted by Gasteiger charge is 2.19. The highest BCUT2D eigenvalue weighted by Crippen LogP contribution is 2.22. The molecule has 0 spiro atoms. The molecule has 0 heterocycles. The maximum atomic E-state index is 11.1. The molecule has 1 rings (SSSR count). The van der Waals surface area contributed by atoms with E-state index in [2.05, 4.69) is 0 Å². The molecule has 0 aliphatic rings. The number of carbonyl (C=O) groups excluding carboxylic acids is 1. The van der Waals surface area contributed by atoms with Crippen molar-refractivity contribution in [3.8, 4) is 0 Å². The fraction of sp³-hybridized carbons (Fsp3) is 0. The molecule has 74 valence electrons. The molecule has 0 aliphatic heterocycles. The van der Waals surface area contributed by atoms with Crippen LogP contribution in [0.25, 0.3) is 0 Å². The Kier molecular flexibility index (Phi) is 3.27. The molecule has 0 bridgehead atoms. The predicted molar refractivity (Wildman–Crippen MR) is 51.4 cm³/mol. The first-order valence-electron chi connectivity index (χ1n) is 3.41. The predicted octanol–water partition coefficient (Wildman–Crippen LogP) is 2.13. The van der Waals surface area contributed by atoms with Gasteiger partial charge in [0, 0.05) is 22.9 Å². The van der Waals surface area contributed by atoms with Crippen LogP contribution in [0.1, 0.15) is 10.4 Å². The molecule has 1 aromatic carbocycles. The van der Waals surface area contributed by atoms with Gasteiger partial charge in [0.1, 0.15) is 5.56 Å². The van der Waals surface area contributed by atoms with E-state index in [1.807, 2.05) is 0 Å². The summed E-state index contributed by atoms with van der Waals surface area (Å²) in [5.74, 6) is -0.741. The van der Waals surface area contributed by atoms with Crippen LogP contribution in [0.2, 0.25) is 5.02 Å². The van der Waals surface area contributed by atoms with E-state index in [1.165, 1.54) is 12.1 Å². The summed E-state index contributed by atoms with van der Waals surface area (Å²) in [6.07, 6.45) is 0. The van der Waals surface area contributed by atoms with Crippen molar-refractivity contribution in [2.24, 2.45) is 0 Å². The van der Waals surface area contributed by atoms with E-state index in [9.17, 15) is 14.9 Å². The second-order valence-electron chi connectivity index (χ2n) is 2.34. The first-order chi connectivity index (χ1) is 6.56. The summed E-state index contributed by atoms with van der Waals surface area (Å²) < 4.78 is 0. The number of halogens is 2. The zero-order chi connectivity index (χ0) is 10.7. The van der Waals surface area contributed by atoms with Crippen molar-refractivity contribution in [3.05, 3.63) is 38.9 Å². The summed E-state index contributed by atoms with van der Waals surface area (Å²) in [7, 11) is 0. The third kappa shape index (κ3) is 2.12. The largest absolute Gasteiger partial charge is 0.283 e. The van der Waals surface area contributed by atoms with Crippen LogP contribution in [0.3, 0.4) is 0 Å². The fourth-order valence-corrected chi connectivity index (χ4v) is 1.17. The Hall–Kier alpha value is -1.33. The number of nitro groups is 1. The van der Waals surface area contributed by atoms with E-state index < -0.39 is 10.8 Å². The molecule has 5 nitrogen and oxygen atoms in total. The Balaban J connectivity index is 3.28. The van der Waals surface area contributed by atoms with E-state index in [0.717, 1.165) is 6.07 Å². The number of rotatable bonds is 2. The number of nitrogens with one attached hydrogen (secondary N) is 1. The molecule has 0 saturated heterocycles. The van der Waals surface area contributed by atoms with Crippen LogP contribution in [-0.2, 0) is 0 Å². The minimum Gasteiger partial charge on any atom is -0.268 e. The van der Waals surface area contributed by atoms with Crippen LogP contribution in [0.15, 0.2) is 18.2 Å². The maximum Gasteiger partial charge on any atom is 0.283 e. The number of benzene rings is 1. The second kappa shape index (κ2) is 4.26. The highest BCUT2D eigenvalue weighted by atomic mass is 35.5. The number of nitrogens with zero attached hydrogens (tertiary/aromatic N) is 1. The van der Waals surface area contributed by atoms with Crippen molar-refractivity contribution in [3.63, 3.8) is 0 Å². The monoisotopic (exact) mass is 234 g/mol. The van der Waals surface area contributed by atoms with E-state index >= 15 is 0 Å². The van der Waals surface area contributed by atoms with Crippen molar-refractivity contribution in [1.82, 2.24) is 4.84 Å². The average Bonchev–Trinajstić information content (AvgIpc) is 2.16. The van der Waals surface area contributed by atoms with Crippen LogP contribution in [0.5, 0.6) is 0 Å². The van der Waals surface area contributed by atoms with Gasteiger partial charge >= 0.3 is 0 Å². The number of amides is 1. The third-order valence-electron chi connectivity index (χ3n) is 1.49. The molecule has 0 unspecified atom stereocenters. The highest BCUT2D eigenvalue weighted by molar-refractivity contribution is 6.31. The molecular weight excluding hydrogens is 231 g/mol. The van der Waals surface area contributed by atoms with E-state index in [1.54, 1.807) is 4.84 Å².